The van der Waals surface area contributed by atoms with E-state index in [2.05, 4.69) is 22.3 Å². The van der Waals surface area contributed by atoms with Gasteiger partial charge in [-0.1, -0.05) is 0 Å². The average Bonchev–Trinajstić information content (AvgIpc) is 3.12. The third-order valence-corrected chi connectivity index (χ3v) is 4.90. The van der Waals surface area contributed by atoms with Crippen LogP contribution in [0.5, 0.6) is 0 Å². The van der Waals surface area contributed by atoms with E-state index in [1.165, 1.54) is 0 Å². The fraction of sp³-hybridized carbons (Fsp3) is 0.211. The van der Waals surface area contributed by atoms with Crippen LogP contribution in [0.4, 0.5) is 5.82 Å². The Bertz CT molecular complexity index is 1200. The molecule has 0 radical (unpaired) electrons. The molecule has 0 saturated carbocycles. The van der Waals surface area contributed by atoms with Crippen molar-refractivity contribution in [3.8, 4) is 11.8 Å². The summed E-state index contributed by atoms with van der Waals surface area (Å²) in [5.41, 5.74) is 13.5. The predicted molar refractivity (Wildman–Crippen MR) is 98.8 cm³/mol. The van der Waals surface area contributed by atoms with Gasteiger partial charge >= 0.3 is 0 Å². The van der Waals surface area contributed by atoms with E-state index in [-0.39, 0.29) is 0 Å². The van der Waals surface area contributed by atoms with Crippen molar-refractivity contribution in [2.75, 3.05) is 5.73 Å². The lowest BCUT2D eigenvalue weighted by molar-refractivity contribution is 1.05. The van der Waals surface area contributed by atoms with E-state index in [1.54, 1.807) is 0 Å². The van der Waals surface area contributed by atoms with E-state index in [1.807, 2.05) is 44.5 Å². The largest absolute Gasteiger partial charge is 0.384 e. The van der Waals surface area contributed by atoms with Crippen LogP contribution in [0.2, 0.25) is 0 Å². The lowest BCUT2D eigenvalue weighted by Crippen LogP contribution is -2.06. The molecule has 0 atom stereocenters. The molecule has 124 valence electrons. The first-order chi connectivity index (χ1) is 11.9. The molecule has 0 bridgehead atoms. The molecule has 1 aromatic carbocycles. The number of hydrogen-bond acceptors (Lipinski definition) is 4. The van der Waals surface area contributed by atoms with Gasteiger partial charge in [-0.25, -0.2) is 4.98 Å². The molecule has 0 unspecified atom stereocenters. The Balaban J connectivity index is 2.21. The molecular formula is C19H18N6. The predicted octanol–water partition coefficient (Wildman–Crippen LogP) is 3.59. The fourth-order valence-electron chi connectivity index (χ4n) is 3.52. The number of nitrogens with two attached hydrogens (primary N) is 1. The van der Waals surface area contributed by atoms with E-state index >= 15 is 0 Å². The Labute approximate surface area is 144 Å². The maximum atomic E-state index is 9.63. The zero-order chi connectivity index (χ0) is 17.9. The van der Waals surface area contributed by atoms with Crippen LogP contribution in [0, 0.1) is 39.0 Å². The van der Waals surface area contributed by atoms with Gasteiger partial charge in [-0.05, 0) is 56.5 Å². The summed E-state index contributed by atoms with van der Waals surface area (Å²) in [7, 11) is 0. The summed E-state index contributed by atoms with van der Waals surface area (Å²) in [5.74, 6) is 0.417. The third kappa shape index (κ3) is 1.96. The van der Waals surface area contributed by atoms with Gasteiger partial charge < -0.3 is 5.73 Å². The van der Waals surface area contributed by atoms with Gasteiger partial charge in [0.25, 0.3) is 0 Å². The summed E-state index contributed by atoms with van der Waals surface area (Å²) in [5, 5.41) is 18.6. The van der Waals surface area contributed by atoms with Crippen LogP contribution in [0.3, 0.4) is 0 Å². The normalized spacial score (nSPS) is 11.3. The molecule has 6 heteroatoms. The summed E-state index contributed by atoms with van der Waals surface area (Å²) in [6.45, 7) is 8.02. The number of aromatic amines is 1. The molecule has 3 N–H and O–H groups in total. The molecule has 0 aliphatic rings. The van der Waals surface area contributed by atoms with Crippen molar-refractivity contribution in [1.29, 1.82) is 5.26 Å². The smallest absolute Gasteiger partial charge is 0.147 e. The zero-order valence-electron chi connectivity index (χ0n) is 14.6. The number of anilines is 1. The average molecular weight is 330 g/mol. The first-order valence-corrected chi connectivity index (χ1v) is 8.06. The lowest BCUT2D eigenvalue weighted by atomic mass is 10.0. The van der Waals surface area contributed by atoms with Gasteiger partial charge in [0.15, 0.2) is 0 Å². The van der Waals surface area contributed by atoms with Crippen molar-refractivity contribution in [2.24, 2.45) is 0 Å². The summed E-state index contributed by atoms with van der Waals surface area (Å²) < 4.78 is 1.89. The number of benzene rings is 1. The number of nitrogens with zero attached hydrogens (tertiary/aromatic N) is 4. The van der Waals surface area contributed by atoms with Crippen LogP contribution in [0.1, 0.15) is 27.9 Å². The lowest BCUT2D eigenvalue weighted by Gasteiger charge is -2.15. The van der Waals surface area contributed by atoms with Crippen molar-refractivity contribution >= 4 is 27.8 Å². The standard InChI is InChI=1S/C19H18N6/c1-9-6-14-15(7-20)18(21)25(19(14)23-12(9)4)17-10(2)5-13-8-22-24-16(13)11(17)3/h5-6,8H,21H2,1-4H3,(H,22,24). The molecule has 0 saturated heterocycles. The molecule has 0 aliphatic carbocycles. The minimum absolute atomic E-state index is 0.417. The van der Waals surface area contributed by atoms with E-state index in [9.17, 15) is 5.26 Å². The van der Waals surface area contributed by atoms with Gasteiger partial charge in [0, 0.05) is 16.5 Å². The van der Waals surface area contributed by atoms with Crippen LogP contribution in [0.15, 0.2) is 18.3 Å². The zero-order valence-corrected chi connectivity index (χ0v) is 14.6. The topological polar surface area (TPSA) is 96.3 Å². The minimum Gasteiger partial charge on any atom is -0.384 e. The van der Waals surface area contributed by atoms with Gasteiger partial charge in [0.2, 0.25) is 0 Å². The van der Waals surface area contributed by atoms with Gasteiger partial charge in [-0.3, -0.25) is 9.67 Å². The van der Waals surface area contributed by atoms with Crippen molar-refractivity contribution in [2.45, 2.75) is 27.7 Å². The van der Waals surface area contributed by atoms with Gasteiger partial charge in [-0.2, -0.15) is 10.4 Å². The van der Waals surface area contributed by atoms with Crippen LogP contribution in [-0.4, -0.2) is 19.7 Å². The van der Waals surface area contributed by atoms with Gasteiger partial charge in [-0.15, -0.1) is 0 Å². The first-order valence-electron chi connectivity index (χ1n) is 8.06. The van der Waals surface area contributed by atoms with E-state index in [0.29, 0.717) is 17.0 Å². The number of pyridine rings is 1. The van der Waals surface area contributed by atoms with E-state index in [0.717, 1.165) is 44.4 Å². The number of hydrogen-bond donors (Lipinski definition) is 2. The van der Waals surface area contributed by atoms with Gasteiger partial charge in [0.05, 0.1) is 17.4 Å². The molecule has 6 nitrogen and oxygen atoms in total. The highest BCUT2D eigenvalue weighted by Gasteiger charge is 2.21. The monoisotopic (exact) mass is 330 g/mol. The molecule has 0 aliphatic heterocycles. The van der Waals surface area contributed by atoms with Crippen molar-refractivity contribution in [3.63, 3.8) is 0 Å². The second-order valence-corrected chi connectivity index (χ2v) is 6.47. The number of rotatable bonds is 1. The second kappa shape index (κ2) is 5.08. The Morgan fingerprint density at radius 3 is 2.64 bits per heavy atom. The molecule has 3 aromatic heterocycles. The Morgan fingerprint density at radius 2 is 1.92 bits per heavy atom. The molecule has 0 spiro atoms. The van der Waals surface area contributed by atoms with Crippen molar-refractivity contribution in [3.05, 3.63) is 46.3 Å². The number of nitriles is 1. The molecule has 4 aromatic rings. The Morgan fingerprint density at radius 1 is 1.16 bits per heavy atom. The van der Waals surface area contributed by atoms with E-state index in [4.69, 9.17) is 10.7 Å². The second-order valence-electron chi connectivity index (χ2n) is 6.47. The Hall–Kier alpha value is -3.33. The SMILES string of the molecule is Cc1cc2c(C#N)c(N)n(-c3c(C)cc4cn[nH]c4c3C)c2nc1C. The van der Waals surface area contributed by atoms with E-state index < -0.39 is 0 Å². The van der Waals surface area contributed by atoms with Crippen LogP contribution < -0.4 is 5.73 Å². The number of fused-ring (bicyclic) bond motifs is 2. The summed E-state index contributed by atoms with van der Waals surface area (Å²) in [4.78, 5) is 4.74. The molecular weight excluding hydrogens is 312 g/mol. The molecule has 3 heterocycles. The van der Waals surface area contributed by atoms with Crippen LogP contribution >= 0.6 is 0 Å². The maximum Gasteiger partial charge on any atom is 0.147 e. The van der Waals surface area contributed by atoms with Gasteiger partial charge in [0.1, 0.15) is 23.1 Å². The molecule has 4 rings (SSSR count). The molecule has 0 fully saturated rings. The molecule has 0 amide bonds. The van der Waals surface area contributed by atoms with Crippen LogP contribution in [-0.2, 0) is 0 Å². The molecule has 25 heavy (non-hydrogen) atoms. The number of aryl methyl sites for hydroxylation is 4. The minimum atomic E-state index is 0.417. The Kier molecular flexibility index (Phi) is 3.09. The summed E-state index contributed by atoms with van der Waals surface area (Å²) in [6, 6.07) is 6.30. The van der Waals surface area contributed by atoms with Crippen molar-refractivity contribution < 1.29 is 0 Å². The summed E-state index contributed by atoms with van der Waals surface area (Å²) >= 11 is 0. The third-order valence-electron chi connectivity index (χ3n) is 4.90. The maximum absolute atomic E-state index is 9.63. The quantitative estimate of drug-likeness (QED) is 0.557. The number of nitrogens with one attached hydrogen (secondary N) is 1. The highest BCUT2D eigenvalue weighted by molar-refractivity contribution is 5.94. The van der Waals surface area contributed by atoms with Crippen molar-refractivity contribution in [1.82, 2.24) is 19.7 Å². The number of nitrogen functional groups attached to an aromatic ring is 1. The highest BCUT2D eigenvalue weighted by atomic mass is 15.1. The first kappa shape index (κ1) is 15.2. The number of aromatic nitrogens is 4. The number of H-pyrrole nitrogens is 1. The highest BCUT2D eigenvalue weighted by Crippen LogP contribution is 2.35. The summed E-state index contributed by atoms with van der Waals surface area (Å²) in [6.07, 6.45) is 1.81. The fourth-order valence-corrected chi connectivity index (χ4v) is 3.52. The van der Waals surface area contributed by atoms with Crippen LogP contribution in [0.25, 0.3) is 27.6 Å².